The van der Waals surface area contributed by atoms with E-state index in [0.717, 1.165) is 56.1 Å². The van der Waals surface area contributed by atoms with Gasteiger partial charge >= 0.3 is 0 Å². The van der Waals surface area contributed by atoms with Crippen LogP contribution in [0, 0.1) is 13.8 Å². The fourth-order valence-electron chi connectivity index (χ4n) is 4.85. The Morgan fingerprint density at radius 3 is 2.35 bits per heavy atom. The first-order valence-corrected chi connectivity index (χ1v) is 11.5. The van der Waals surface area contributed by atoms with Gasteiger partial charge < -0.3 is 14.7 Å². The molecule has 166 valence electrons. The van der Waals surface area contributed by atoms with Crippen molar-refractivity contribution in [3.63, 3.8) is 0 Å². The number of aromatic amines is 1. The highest BCUT2D eigenvalue weighted by Crippen LogP contribution is 2.42. The van der Waals surface area contributed by atoms with E-state index in [-0.39, 0.29) is 5.91 Å². The summed E-state index contributed by atoms with van der Waals surface area (Å²) in [6.07, 6.45) is 2.64. The zero-order valence-corrected chi connectivity index (χ0v) is 19.1. The van der Waals surface area contributed by atoms with Crippen LogP contribution >= 0.6 is 0 Å². The Labute approximate surface area is 197 Å². The predicted octanol–water partition coefficient (Wildman–Crippen LogP) is 7.13. The summed E-state index contributed by atoms with van der Waals surface area (Å²) in [5.41, 5.74) is 9.63. The van der Waals surface area contributed by atoms with E-state index in [1.165, 1.54) is 5.56 Å². The molecule has 0 saturated heterocycles. The van der Waals surface area contributed by atoms with Gasteiger partial charge in [-0.2, -0.15) is 0 Å². The van der Waals surface area contributed by atoms with Crippen molar-refractivity contribution in [1.29, 1.82) is 0 Å². The number of rotatable bonds is 4. The second-order valence-corrected chi connectivity index (χ2v) is 8.88. The van der Waals surface area contributed by atoms with E-state index < -0.39 is 0 Å². The summed E-state index contributed by atoms with van der Waals surface area (Å²) in [4.78, 5) is 16.2. The van der Waals surface area contributed by atoms with Crippen LogP contribution in [0.25, 0.3) is 33.7 Å². The molecule has 1 amide bonds. The van der Waals surface area contributed by atoms with Crippen LogP contribution in [0.1, 0.15) is 33.8 Å². The number of carbonyl (C=O) groups is 1. The average molecular weight is 445 g/mol. The molecular formula is C30H24N2O2. The number of nitrogens with one attached hydrogen (secondary N) is 2. The van der Waals surface area contributed by atoms with Gasteiger partial charge in [0.2, 0.25) is 0 Å². The van der Waals surface area contributed by atoms with Gasteiger partial charge in [-0.1, -0.05) is 60.7 Å². The van der Waals surface area contributed by atoms with Crippen LogP contribution in [0.15, 0.2) is 83.3 Å². The van der Waals surface area contributed by atoms with Gasteiger partial charge in [-0.25, -0.2) is 0 Å². The molecule has 3 heterocycles. The number of hydrogen-bond donors (Lipinski definition) is 2. The lowest BCUT2D eigenvalue weighted by atomic mass is 9.96. The van der Waals surface area contributed by atoms with Crippen molar-refractivity contribution >= 4 is 34.2 Å². The highest BCUT2D eigenvalue weighted by atomic mass is 16.3. The molecule has 4 nitrogen and oxygen atoms in total. The quantitative estimate of drug-likeness (QED) is 0.290. The van der Waals surface area contributed by atoms with Crippen LogP contribution in [0.4, 0.5) is 5.69 Å². The minimum atomic E-state index is -0.0972. The summed E-state index contributed by atoms with van der Waals surface area (Å²) in [7, 11) is 0. The predicted molar refractivity (Wildman–Crippen MR) is 138 cm³/mol. The zero-order chi connectivity index (χ0) is 23.2. The molecule has 3 aromatic carbocycles. The maximum absolute atomic E-state index is 12.9. The van der Waals surface area contributed by atoms with Gasteiger partial charge in [0.05, 0.1) is 11.3 Å². The SMILES string of the molecule is Cc1cc(C)c(/C=C2\C(=O)Nc3cc4oc(Cc5ccccc5)c(-c5ccccc5)c4cc32)[nH]1. The molecule has 0 atom stereocenters. The van der Waals surface area contributed by atoms with Gasteiger partial charge in [-0.15, -0.1) is 0 Å². The Balaban J connectivity index is 1.55. The number of fused-ring (bicyclic) bond motifs is 2. The molecule has 0 fully saturated rings. The molecule has 6 rings (SSSR count). The molecule has 0 spiro atoms. The number of aryl methyl sites for hydroxylation is 2. The molecule has 34 heavy (non-hydrogen) atoms. The van der Waals surface area contributed by atoms with E-state index in [0.29, 0.717) is 12.0 Å². The first-order valence-electron chi connectivity index (χ1n) is 11.5. The van der Waals surface area contributed by atoms with Gasteiger partial charge in [0.15, 0.2) is 0 Å². The normalized spacial score (nSPS) is 14.1. The van der Waals surface area contributed by atoms with E-state index in [2.05, 4.69) is 46.7 Å². The second-order valence-electron chi connectivity index (χ2n) is 8.88. The summed E-state index contributed by atoms with van der Waals surface area (Å²) in [6.45, 7) is 4.07. The van der Waals surface area contributed by atoms with Gasteiger partial charge in [0.1, 0.15) is 11.3 Å². The molecule has 0 unspecified atom stereocenters. The third-order valence-corrected chi connectivity index (χ3v) is 6.43. The number of anilines is 1. The van der Waals surface area contributed by atoms with Crippen molar-refractivity contribution in [2.45, 2.75) is 20.3 Å². The smallest absolute Gasteiger partial charge is 0.256 e. The van der Waals surface area contributed by atoms with Crippen molar-refractivity contribution in [3.05, 3.63) is 113 Å². The largest absolute Gasteiger partial charge is 0.460 e. The maximum Gasteiger partial charge on any atom is 0.256 e. The maximum atomic E-state index is 12.9. The Morgan fingerprint density at radius 2 is 1.65 bits per heavy atom. The van der Waals surface area contributed by atoms with Crippen molar-refractivity contribution in [2.24, 2.45) is 0 Å². The molecule has 4 heteroatoms. The minimum Gasteiger partial charge on any atom is -0.460 e. The van der Waals surface area contributed by atoms with E-state index in [9.17, 15) is 4.79 Å². The minimum absolute atomic E-state index is 0.0972. The lowest BCUT2D eigenvalue weighted by Gasteiger charge is -2.05. The third kappa shape index (κ3) is 3.44. The van der Waals surface area contributed by atoms with Crippen LogP contribution in [-0.4, -0.2) is 10.9 Å². The Bertz CT molecular complexity index is 1570. The second kappa shape index (κ2) is 7.92. The Hall–Kier alpha value is -4.31. The summed E-state index contributed by atoms with van der Waals surface area (Å²) < 4.78 is 6.42. The molecule has 0 bridgehead atoms. The monoisotopic (exact) mass is 444 g/mol. The molecule has 1 aliphatic heterocycles. The standard InChI is InChI=1S/C30H24N2O2/c1-18-13-19(2)31-25(18)16-23-22-15-24-27(17-26(22)32-30(23)33)34-28(14-20-9-5-3-6-10-20)29(24)21-11-7-4-8-12-21/h3-13,15-17,31H,14H2,1-2H3,(H,32,33)/b23-16-. The van der Waals surface area contributed by atoms with Crippen molar-refractivity contribution in [1.82, 2.24) is 4.98 Å². The van der Waals surface area contributed by atoms with Crippen molar-refractivity contribution in [2.75, 3.05) is 5.32 Å². The van der Waals surface area contributed by atoms with Gasteiger partial charge in [-0.3, -0.25) is 4.79 Å². The topological polar surface area (TPSA) is 58.0 Å². The zero-order valence-electron chi connectivity index (χ0n) is 19.1. The third-order valence-electron chi connectivity index (χ3n) is 6.43. The van der Waals surface area contributed by atoms with Crippen LogP contribution in [-0.2, 0) is 11.2 Å². The summed E-state index contributed by atoms with van der Waals surface area (Å²) in [5.74, 6) is 0.823. The van der Waals surface area contributed by atoms with Crippen molar-refractivity contribution in [3.8, 4) is 11.1 Å². The molecule has 5 aromatic rings. The van der Waals surface area contributed by atoms with Gasteiger partial charge in [0, 0.05) is 40.4 Å². The molecule has 2 N–H and O–H groups in total. The highest BCUT2D eigenvalue weighted by Gasteiger charge is 2.28. The summed E-state index contributed by atoms with van der Waals surface area (Å²) in [6, 6.07) is 26.8. The number of H-pyrrole nitrogens is 1. The first kappa shape index (κ1) is 20.3. The lowest BCUT2D eigenvalue weighted by molar-refractivity contribution is -0.110. The molecule has 0 radical (unpaired) electrons. The molecular weight excluding hydrogens is 420 g/mol. The highest BCUT2D eigenvalue weighted by molar-refractivity contribution is 6.35. The van der Waals surface area contributed by atoms with E-state index >= 15 is 0 Å². The fraction of sp³-hybridized carbons (Fsp3) is 0.100. The van der Waals surface area contributed by atoms with E-state index in [1.807, 2.05) is 62.4 Å². The number of carbonyl (C=O) groups excluding carboxylic acids is 1. The van der Waals surface area contributed by atoms with Gasteiger partial charge in [0.25, 0.3) is 5.91 Å². The molecule has 0 aliphatic carbocycles. The fourth-order valence-corrected chi connectivity index (χ4v) is 4.85. The van der Waals surface area contributed by atoms with Crippen LogP contribution < -0.4 is 5.32 Å². The number of furan rings is 1. The summed E-state index contributed by atoms with van der Waals surface area (Å²) in [5, 5.41) is 4.03. The Morgan fingerprint density at radius 1 is 0.912 bits per heavy atom. The number of benzene rings is 3. The molecule has 2 aromatic heterocycles. The van der Waals surface area contributed by atoms with Crippen LogP contribution in [0.5, 0.6) is 0 Å². The average Bonchev–Trinajstić information content (AvgIpc) is 3.45. The van der Waals surface area contributed by atoms with Crippen molar-refractivity contribution < 1.29 is 9.21 Å². The van der Waals surface area contributed by atoms with Crippen LogP contribution in [0.2, 0.25) is 0 Å². The summed E-state index contributed by atoms with van der Waals surface area (Å²) >= 11 is 0. The van der Waals surface area contributed by atoms with Crippen LogP contribution in [0.3, 0.4) is 0 Å². The Kier molecular flexibility index (Phi) is 4.73. The molecule has 1 aliphatic rings. The molecule has 0 saturated carbocycles. The number of aromatic nitrogens is 1. The van der Waals surface area contributed by atoms with E-state index in [4.69, 9.17) is 4.42 Å². The van der Waals surface area contributed by atoms with E-state index in [1.54, 1.807) is 0 Å². The number of amides is 1. The van der Waals surface area contributed by atoms with Gasteiger partial charge in [-0.05, 0) is 48.7 Å². The first-order chi connectivity index (χ1) is 16.6. The lowest BCUT2D eigenvalue weighted by Crippen LogP contribution is -2.03. The number of hydrogen-bond acceptors (Lipinski definition) is 2.